The van der Waals surface area contributed by atoms with Gasteiger partial charge >= 0.3 is 0 Å². The van der Waals surface area contributed by atoms with Gasteiger partial charge in [-0.2, -0.15) is 0 Å². The second-order valence-electron chi connectivity index (χ2n) is 4.84. The summed E-state index contributed by atoms with van der Waals surface area (Å²) in [4.78, 5) is 17.9. The number of rotatable bonds is 4. The molecular weight excluding hydrogens is 214 g/mol. The first-order valence-corrected chi connectivity index (χ1v) is 5.91. The Balaban J connectivity index is 2.76. The molecule has 0 aromatic carbocycles. The second-order valence-corrected chi connectivity index (χ2v) is 4.84. The monoisotopic (exact) mass is 235 g/mol. The molecule has 4 nitrogen and oxygen atoms in total. The van der Waals surface area contributed by atoms with Crippen molar-refractivity contribution in [2.75, 3.05) is 12.8 Å². The third kappa shape index (κ3) is 3.73. The Bertz CT molecular complexity index is 390. The van der Waals surface area contributed by atoms with Gasteiger partial charge in [0.25, 0.3) is 5.91 Å². The largest absolute Gasteiger partial charge is 0.384 e. The van der Waals surface area contributed by atoms with E-state index in [0.717, 1.165) is 6.42 Å². The Morgan fingerprint density at radius 3 is 2.59 bits per heavy atom. The molecule has 0 saturated carbocycles. The van der Waals surface area contributed by atoms with Crippen molar-refractivity contribution in [2.45, 2.75) is 33.2 Å². The maximum absolute atomic E-state index is 12.1. The summed E-state index contributed by atoms with van der Waals surface area (Å²) in [6, 6.07) is 5.31. The molecule has 94 valence electrons. The lowest BCUT2D eigenvalue weighted by atomic mass is 10.0. The molecule has 0 aliphatic carbocycles. The fourth-order valence-corrected chi connectivity index (χ4v) is 1.79. The predicted octanol–water partition coefficient (Wildman–Crippen LogP) is 2.17. The van der Waals surface area contributed by atoms with E-state index in [1.165, 1.54) is 0 Å². The van der Waals surface area contributed by atoms with Crippen LogP contribution in [-0.4, -0.2) is 28.9 Å². The van der Waals surface area contributed by atoms with Crippen LogP contribution in [0.25, 0.3) is 0 Å². The van der Waals surface area contributed by atoms with Crippen molar-refractivity contribution < 1.29 is 4.79 Å². The van der Waals surface area contributed by atoms with E-state index >= 15 is 0 Å². The summed E-state index contributed by atoms with van der Waals surface area (Å²) in [5, 5.41) is 0. The molecule has 1 atom stereocenters. The highest BCUT2D eigenvalue weighted by Crippen LogP contribution is 2.12. The number of nitrogens with two attached hydrogens (primary N) is 1. The van der Waals surface area contributed by atoms with Gasteiger partial charge in [-0.3, -0.25) is 4.79 Å². The summed E-state index contributed by atoms with van der Waals surface area (Å²) in [5.74, 6) is 0.861. The predicted molar refractivity (Wildman–Crippen MR) is 69.7 cm³/mol. The molecule has 1 rings (SSSR count). The van der Waals surface area contributed by atoms with E-state index in [9.17, 15) is 4.79 Å². The zero-order valence-corrected chi connectivity index (χ0v) is 11.0. The van der Waals surface area contributed by atoms with Crippen LogP contribution in [-0.2, 0) is 0 Å². The van der Waals surface area contributed by atoms with Crippen LogP contribution < -0.4 is 5.73 Å². The van der Waals surface area contributed by atoms with Gasteiger partial charge in [0.2, 0.25) is 0 Å². The number of aromatic nitrogens is 1. The molecule has 4 heteroatoms. The summed E-state index contributed by atoms with van der Waals surface area (Å²) in [6.07, 6.45) is 0.977. The van der Waals surface area contributed by atoms with Crippen LogP contribution in [0, 0.1) is 5.92 Å². The fourth-order valence-electron chi connectivity index (χ4n) is 1.79. The molecule has 17 heavy (non-hydrogen) atoms. The van der Waals surface area contributed by atoms with E-state index in [0.29, 0.717) is 17.4 Å². The Hall–Kier alpha value is -1.58. The van der Waals surface area contributed by atoms with Crippen molar-refractivity contribution in [2.24, 2.45) is 5.92 Å². The molecule has 1 aromatic rings. The zero-order chi connectivity index (χ0) is 13.0. The van der Waals surface area contributed by atoms with Crippen molar-refractivity contribution in [1.29, 1.82) is 0 Å². The summed E-state index contributed by atoms with van der Waals surface area (Å²) in [6.45, 7) is 6.34. The maximum Gasteiger partial charge on any atom is 0.272 e. The molecule has 0 spiro atoms. The van der Waals surface area contributed by atoms with Gasteiger partial charge in [-0.25, -0.2) is 4.98 Å². The smallest absolute Gasteiger partial charge is 0.272 e. The highest BCUT2D eigenvalue weighted by Gasteiger charge is 2.19. The van der Waals surface area contributed by atoms with Gasteiger partial charge in [-0.15, -0.1) is 0 Å². The zero-order valence-electron chi connectivity index (χ0n) is 11.0. The first kappa shape index (κ1) is 13.5. The lowest BCUT2D eigenvalue weighted by molar-refractivity contribution is 0.0722. The molecule has 1 aromatic heterocycles. The lowest BCUT2D eigenvalue weighted by Crippen LogP contribution is -2.36. The SMILES string of the molecule is CC(C)CC(C)N(C)C(=O)c1cccc(N)n1. The number of nitrogens with zero attached hydrogens (tertiary/aromatic N) is 2. The summed E-state index contributed by atoms with van der Waals surface area (Å²) in [5.41, 5.74) is 5.98. The van der Waals surface area contributed by atoms with Crippen LogP contribution in [0.5, 0.6) is 0 Å². The van der Waals surface area contributed by atoms with Crippen molar-refractivity contribution in [3.63, 3.8) is 0 Å². The molecule has 0 radical (unpaired) electrons. The van der Waals surface area contributed by atoms with Crippen molar-refractivity contribution in [3.05, 3.63) is 23.9 Å². The van der Waals surface area contributed by atoms with Crippen LogP contribution >= 0.6 is 0 Å². The minimum Gasteiger partial charge on any atom is -0.384 e. The van der Waals surface area contributed by atoms with Crippen LogP contribution in [0.4, 0.5) is 5.82 Å². The number of carbonyl (C=O) groups is 1. The minimum atomic E-state index is -0.0783. The number of hydrogen-bond acceptors (Lipinski definition) is 3. The van der Waals surface area contributed by atoms with Crippen molar-refractivity contribution in [1.82, 2.24) is 9.88 Å². The Labute approximate surface area is 103 Å². The quantitative estimate of drug-likeness (QED) is 0.870. The number of nitrogen functional groups attached to an aromatic ring is 1. The average Bonchev–Trinajstić information content (AvgIpc) is 2.26. The topological polar surface area (TPSA) is 59.2 Å². The van der Waals surface area contributed by atoms with E-state index in [1.54, 1.807) is 30.1 Å². The van der Waals surface area contributed by atoms with E-state index in [4.69, 9.17) is 5.73 Å². The van der Waals surface area contributed by atoms with Gasteiger partial charge in [0.15, 0.2) is 0 Å². The highest BCUT2D eigenvalue weighted by molar-refractivity contribution is 5.92. The Kier molecular flexibility index (Phi) is 4.49. The first-order valence-electron chi connectivity index (χ1n) is 5.91. The highest BCUT2D eigenvalue weighted by atomic mass is 16.2. The average molecular weight is 235 g/mol. The third-order valence-corrected chi connectivity index (χ3v) is 2.78. The third-order valence-electron chi connectivity index (χ3n) is 2.78. The van der Waals surface area contributed by atoms with E-state index in [-0.39, 0.29) is 11.9 Å². The Morgan fingerprint density at radius 1 is 1.41 bits per heavy atom. The minimum absolute atomic E-state index is 0.0783. The summed E-state index contributed by atoms with van der Waals surface area (Å²) < 4.78 is 0. The van der Waals surface area contributed by atoms with Crippen molar-refractivity contribution >= 4 is 11.7 Å². The standard InChI is InChI=1S/C13H21N3O/c1-9(2)8-10(3)16(4)13(17)11-6-5-7-12(14)15-11/h5-7,9-10H,8H2,1-4H3,(H2,14,15). The first-order chi connectivity index (χ1) is 7.91. The molecular formula is C13H21N3O. The molecule has 1 amide bonds. The number of amides is 1. The van der Waals surface area contributed by atoms with Gasteiger partial charge in [0.1, 0.15) is 11.5 Å². The number of pyridine rings is 1. The summed E-state index contributed by atoms with van der Waals surface area (Å²) in [7, 11) is 1.81. The van der Waals surface area contributed by atoms with Crippen molar-refractivity contribution in [3.8, 4) is 0 Å². The molecule has 0 saturated heterocycles. The fraction of sp³-hybridized carbons (Fsp3) is 0.538. The second kappa shape index (κ2) is 5.66. The molecule has 0 bridgehead atoms. The molecule has 0 fully saturated rings. The number of carbonyl (C=O) groups excluding carboxylic acids is 1. The van der Waals surface area contributed by atoms with Gasteiger partial charge in [0.05, 0.1) is 0 Å². The molecule has 1 heterocycles. The van der Waals surface area contributed by atoms with Gasteiger partial charge < -0.3 is 10.6 Å². The van der Waals surface area contributed by atoms with E-state index in [2.05, 4.69) is 18.8 Å². The lowest BCUT2D eigenvalue weighted by Gasteiger charge is -2.26. The van der Waals surface area contributed by atoms with Crippen LogP contribution in [0.2, 0.25) is 0 Å². The maximum atomic E-state index is 12.1. The van der Waals surface area contributed by atoms with E-state index in [1.807, 2.05) is 6.92 Å². The van der Waals surface area contributed by atoms with Crippen LogP contribution in [0.15, 0.2) is 18.2 Å². The molecule has 2 N–H and O–H groups in total. The normalized spacial score (nSPS) is 12.5. The number of anilines is 1. The van der Waals surface area contributed by atoms with E-state index < -0.39 is 0 Å². The molecule has 1 unspecified atom stereocenters. The number of hydrogen-bond donors (Lipinski definition) is 1. The van der Waals surface area contributed by atoms with Gasteiger partial charge in [-0.1, -0.05) is 19.9 Å². The molecule has 0 aliphatic rings. The van der Waals surface area contributed by atoms with Crippen LogP contribution in [0.1, 0.15) is 37.7 Å². The van der Waals surface area contributed by atoms with Gasteiger partial charge in [-0.05, 0) is 31.4 Å². The van der Waals surface area contributed by atoms with Gasteiger partial charge in [0, 0.05) is 13.1 Å². The Morgan fingerprint density at radius 2 is 2.06 bits per heavy atom. The van der Waals surface area contributed by atoms with Crippen LogP contribution in [0.3, 0.4) is 0 Å². The molecule has 0 aliphatic heterocycles. The summed E-state index contributed by atoms with van der Waals surface area (Å²) >= 11 is 0.